The number of hydrogen-bond acceptors (Lipinski definition) is 7. The molecule has 2 aromatic heterocycles. The van der Waals surface area contributed by atoms with Crippen molar-refractivity contribution in [3.05, 3.63) is 67.8 Å². The Bertz CT molecular complexity index is 1470. The van der Waals surface area contributed by atoms with Gasteiger partial charge in [0, 0.05) is 36.4 Å². The van der Waals surface area contributed by atoms with Crippen molar-refractivity contribution < 1.29 is 18.4 Å². The molecule has 0 aliphatic rings. The Labute approximate surface area is 211 Å². The summed E-state index contributed by atoms with van der Waals surface area (Å²) in [6, 6.07) is 4.72. The summed E-state index contributed by atoms with van der Waals surface area (Å²) in [7, 11) is 0. The third-order valence-electron chi connectivity index (χ3n) is 5.42. The second-order valence-corrected chi connectivity index (χ2v) is 8.97. The maximum Gasteiger partial charge on any atom is 0.307 e. The molecule has 13 heteroatoms. The van der Waals surface area contributed by atoms with Crippen LogP contribution in [0.15, 0.2) is 34.9 Å². The van der Waals surface area contributed by atoms with Crippen molar-refractivity contribution in [1.29, 1.82) is 0 Å². The van der Waals surface area contributed by atoms with Crippen molar-refractivity contribution in [2.24, 2.45) is 0 Å². The van der Waals surface area contributed by atoms with Crippen LogP contribution >= 0.6 is 27.5 Å². The Balaban J connectivity index is 1.60. The number of rotatable bonds is 7. The van der Waals surface area contributed by atoms with Crippen LogP contribution in [0.3, 0.4) is 0 Å². The summed E-state index contributed by atoms with van der Waals surface area (Å²) < 4.78 is 36.9. The van der Waals surface area contributed by atoms with E-state index < -0.39 is 22.2 Å². The van der Waals surface area contributed by atoms with E-state index in [9.17, 15) is 18.9 Å². The van der Waals surface area contributed by atoms with Crippen molar-refractivity contribution in [2.45, 2.75) is 26.3 Å². The highest BCUT2D eigenvalue weighted by Crippen LogP contribution is 2.34. The summed E-state index contributed by atoms with van der Waals surface area (Å²) in [4.78, 5) is 22.5. The van der Waals surface area contributed by atoms with E-state index in [1.165, 1.54) is 12.3 Å². The van der Waals surface area contributed by atoms with Gasteiger partial charge in [-0.15, -0.1) is 0 Å². The summed E-state index contributed by atoms with van der Waals surface area (Å²) in [6.07, 6.45) is 1.92. The largest absolute Gasteiger partial charge is 0.491 e. The van der Waals surface area contributed by atoms with Crippen LogP contribution in [0.2, 0.25) is 5.28 Å². The van der Waals surface area contributed by atoms with Crippen LogP contribution in [0.4, 0.5) is 20.2 Å². The molecule has 0 amide bonds. The van der Waals surface area contributed by atoms with Gasteiger partial charge in [0.1, 0.15) is 17.1 Å². The number of anilines is 1. The van der Waals surface area contributed by atoms with Gasteiger partial charge in [-0.2, -0.15) is 4.39 Å². The number of nitrogens with two attached hydrogens (primary N) is 1. The molecule has 0 spiro atoms. The van der Waals surface area contributed by atoms with E-state index in [2.05, 4.69) is 30.9 Å². The van der Waals surface area contributed by atoms with Gasteiger partial charge in [0.2, 0.25) is 11.1 Å². The molecule has 2 heterocycles. The van der Waals surface area contributed by atoms with Crippen molar-refractivity contribution in [3.8, 4) is 17.0 Å². The Hall–Kier alpha value is -3.38. The zero-order valence-corrected chi connectivity index (χ0v) is 20.8. The van der Waals surface area contributed by atoms with E-state index in [4.69, 9.17) is 22.1 Å². The number of hydrogen-bond donors (Lipinski definition) is 1. The first-order chi connectivity index (χ1) is 16.6. The molecule has 1 unspecified atom stereocenters. The quantitative estimate of drug-likeness (QED) is 0.125. The Morgan fingerprint density at radius 1 is 1.26 bits per heavy atom. The molecule has 35 heavy (non-hydrogen) atoms. The highest BCUT2D eigenvalue weighted by molar-refractivity contribution is 9.10. The topological polar surface area (TPSA) is 122 Å². The smallest absolute Gasteiger partial charge is 0.307 e. The first-order valence-corrected chi connectivity index (χ1v) is 11.5. The normalized spacial score (nSPS) is 12.2. The summed E-state index contributed by atoms with van der Waals surface area (Å²) in [6.45, 7) is 3.79. The standard InChI is InChI=1S/C22H18BrClF2N6O3/c1-10(3-4-35-19-7-14(25)17(32(33)34)8-16(19)27)31-11(2)29-21-15(26)5-12(6-18(21)31)20-13(23)9-28-22(24)30-20/h5-10H,3-4,27H2,1-2H3. The zero-order chi connectivity index (χ0) is 25.4. The van der Waals surface area contributed by atoms with Crippen LogP contribution in [0.25, 0.3) is 22.3 Å². The second kappa shape index (κ2) is 9.70. The van der Waals surface area contributed by atoms with Crippen molar-refractivity contribution >= 4 is 49.9 Å². The molecule has 0 fully saturated rings. The minimum Gasteiger partial charge on any atom is -0.491 e. The van der Waals surface area contributed by atoms with E-state index in [1.54, 1.807) is 13.0 Å². The molecule has 0 saturated heterocycles. The van der Waals surface area contributed by atoms with Crippen molar-refractivity contribution in [1.82, 2.24) is 19.5 Å². The molecule has 4 rings (SSSR count). The van der Waals surface area contributed by atoms with Crippen LogP contribution < -0.4 is 10.5 Å². The highest BCUT2D eigenvalue weighted by Gasteiger charge is 2.21. The first kappa shape index (κ1) is 24.7. The Morgan fingerprint density at radius 2 is 2.00 bits per heavy atom. The van der Waals surface area contributed by atoms with Crippen LogP contribution in [0, 0.1) is 28.7 Å². The summed E-state index contributed by atoms with van der Waals surface area (Å²) in [5.74, 6) is -0.961. The zero-order valence-electron chi connectivity index (χ0n) is 18.4. The van der Waals surface area contributed by atoms with Crippen LogP contribution in [0.1, 0.15) is 25.2 Å². The molecule has 9 nitrogen and oxygen atoms in total. The molecule has 0 saturated carbocycles. The molecule has 1 atom stereocenters. The number of aromatic nitrogens is 4. The van der Waals surface area contributed by atoms with Crippen LogP contribution in [-0.2, 0) is 0 Å². The molecular formula is C22H18BrClF2N6O3. The summed E-state index contributed by atoms with van der Waals surface area (Å²) in [5, 5.41) is 10.9. The van der Waals surface area contributed by atoms with Gasteiger partial charge < -0.3 is 15.0 Å². The molecule has 0 aliphatic heterocycles. The van der Waals surface area contributed by atoms with E-state index in [0.717, 1.165) is 12.1 Å². The number of aryl methyl sites for hydroxylation is 1. The molecule has 0 aliphatic carbocycles. The third-order valence-corrected chi connectivity index (χ3v) is 6.19. The molecule has 0 bridgehead atoms. The maximum atomic E-state index is 15.0. The molecule has 4 aromatic rings. The summed E-state index contributed by atoms with van der Waals surface area (Å²) in [5.41, 5.74) is 6.68. The third kappa shape index (κ3) is 4.89. The fraction of sp³-hybridized carbons (Fsp3) is 0.227. The number of nitro benzene ring substituents is 1. The number of fused-ring (bicyclic) bond motifs is 1. The highest BCUT2D eigenvalue weighted by atomic mass is 79.9. The van der Waals surface area contributed by atoms with Crippen LogP contribution in [-0.4, -0.2) is 31.0 Å². The van der Waals surface area contributed by atoms with Gasteiger partial charge in [0.15, 0.2) is 5.82 Å². The average molecular weight is 568 g/mol. The molecule has 182 valence electrons. The number of nitro groups is 1. The van der Waals surface area contributed by atoms with Gasteiger partial charge in [-0.3, -0.25) is 10.1 Å². The van der Waals surface area contributed by atoms with Crippen molar-refractivity contribution in [2.75, 3.05) is 12.3 Å². The Kier molecular flexibility index (Phi) is 6.86. The van der Waals surface area contributed by atoms with E-state index in [-0.39, 0.29) is 34.9 Å². The SMILES string of the molecule is Cc1nc2c(F)cc(-c3nc(Cl)ncc3Br)cc2n1C(C)CCOc1cc(F)c([N+](=O)[O-])cc1N. The lowest BCUT2D eigenvalue weighted by molar-refractivity contribution is -0.387. The van der Waals surface area contributed by atoms with Gasteiger partial charge in [0.05, 0.1) is 32.9 Å². The lowest BCUT2D eigenvalue weighted by Gasteiger charge is -2.18. The number of ether oxygens (including phenoxy) is 1. The van der Waals surface area contributed by atoms with Gasteiger partial charge in [-0.05, 0) is 53.5 Å². The predicted octanol–water partition coefficient (Wildman–Crippen LogP) is 6.02. The second-order valence-electron chi connectivity index (χ2n) is 7.78. The number of benzene rings is 2. The van der Waals surface area contributed by atoms with E-state index in [0.29, 0.717) is 33.5 Å². The molecule has 2 aromatic carbocycles. The Morgan fingerprint density at radius 3 is 2.71 bits per heavy atom. The van der Waals surface area contributed by atoms with Gasteiger partial charge in [-0.25, -0.2) is 19.3 Å². The lowest BCUT2D eigenvalue weighted by Crippen LogP contribution is -2.12. The average Bonchev–Trinajstić information content (AvgIpc) is 3.13. The molecule has 0 radical (unpaired) electrons. The first-order valence-electron chi connectivity index (χ1n) is 10.3. The van der Waals surface area contributed by atoms with Gasteiger partial charge >= 0.3 is 5.69 Å². The maximum absolute atomic E-state index is 15.0. The predicted molar refractivity (Wildman–Crippen MR) is 130 cm³/mol. The number of halogens is 4. The monoisotopic (exact) mass is 566 g/mol. The fourth-order valence-electron chi connectivity index (χ4n) is 3.80. The number of nitrogens with zero attached hydrogens (tertiary/aromatic N) is 5. The summed E-state index contributed by atoms with van der Waals surface area (Å²) >= 11 is 9.30. The van der Waals surface area contributed by atoms with Gasteiger partial charge in [0.25, 0.3) is 0 Å². The fourth-order valence-corrected chi connectivity index (χ4v) is 4.36. The van der Waals surface area contributed by atoms with Crippen LogP contribution in [0.5, 0.6) is 5.75 Å². The number of nitrogen functional groups attached to an aromatic ring is 1. The minimum absolute atomic E-state index is 0.00586. The minimum atomic E-state index is -1.04. The van der Waals surface area contributed by atoms with Crippen molar-refractivity contribution in [3.63, 3.8) is 0 Å². The van der Waals surface area contributed by atoms with Gasteiger partial charge in [-0.1, -0.05) is 0 Å². The molecular weight excluding hydrogens is 550 g/mol. The molecule has 2 N–H and O–H groups in total. The van der Waals surface area contributed by atoms with E-state index >= 15 is 0 Å². The van der Waals surface area contributed by atoms with E-state index in [1.807, 2.05) is 11.5 Å². The lowest BCUT2D eigenvalue weighted by atomic mass is 10.1. The number of imidazole rings is 1.